The highest BCUT2D eigenvalue weighted by Crippen LogP contribution is 2.32. The van der Waals surface area contributed by atoms with Gasteiger partial charge in [0, 0.05) is 12.1 Å². The molecule has 0 aromatic heterocycles. The van der Waals surface area contributed by atoms with E-state index in [0.717, 1.165) is 29.4 Å². The van der Waals surface area contributed by atoms with Crippen molar-refractivity contribution in [3.63, 3.8) is 0 Å². The molecule has 0 unspecified atom stereocenters. The van der Waals surface area contributed by atoms with Crippen molar-refractivity contribution in [3.05, 3.63) is 65.5 Å². The number of alkyl halides is 3. The van der Waals surface area contributed by atoms with Crippen LogP contribution < -0.4 is 9.62 Å². The molecular formula is C25H31F4N3O4S. The highest BCUT2D eigenvalue weighted by atomic mass is 32.2. The van der Waals surface area contributed by atoms with Gasteiger partial charge in [0.2, 0.25) is 21.8 Å². The Labute approximate surface area is 214 Å². The van der Waals surface area contributed by atoms with Gasteiger partial charge in [0.1, 0.15) is 18.4 Å². The van der Waals surface area contributed by atoms with Gasteiger partial charge in [-0.25, -0.2) is 12.8 Å². The minimum Gasteiger partial charge on any atom is -0.350 e. The van der Waals surface area contributed by atoms with Crippen molar-refractivity contribution in [1.29, 1.82) is 0 Å². The van der Waals surface area contributed by atoms with E-state index in [4.69, 9.17) is 0 Å². The maximum absolute atomic E-state index is 13.5. The zero-order valence-corrected chi connectivity index (χ0v) is 22.1. The smallest absolute Gasteiger partial charge is 0.350 e. The highest BCUT2D eigenvalue weighted by molar-refractivity contribution is 7.92. The number of rotatable bonds is 9. The maximum atomic E-state index is 13.5. The summed E-state index contributed by atoms with van der Waals surface area (Å²) >= 11 is 0. The monoisotopic (exact) mass is 545 g/mol. The molecule has 2 aromatic rings. The molecule has 0 aliphatic heterocycles. The molecule has 0 spiro atoms. The van der Waals surface area contributed by atoms with E-state index < -0.39 is 57.5 Å². The number of hydrogen-bond donors (Lipinski definition) is 1. The van der Waals surface area contributed by atoms with Gasteiger partial charge in [-0.15, -0.1) is 0 Å². The van der Waals surface area contributed by atoms with E-state index in [-0.39, 0.29) is 18.7 Å². The zero-order valence-electron chi connectivity index (χ0n) is 21.3. The molecule has 0 saturated heterocycles. The number of anilines is 1. The number of benzene rings is 2. The molecule has 0 heterocycles. The summed E-state index contributed by atoms with van der Waals surface area (Å²) in [5, 5.41) is 2.79. The van der Waals surface area contributed by atoms with Gasteiger partial charge in [-0.2, -0.15) is 13.2 Å². The van der Waals surface area contributed by atoms with Crippen molar-refractivity contribution in [2.75, 3.05) is 17.1 Å². The van der Waals surface area contributed by atoms with E-state index in [1.165, 1.54) is 24.3 Å². The third kappa shape index (κ3) is 8.73. The molecule has 2 aromatic carbocycles. The van der Waals surface area contributed by atoms with Crippen LogP contribution in [0.3, 0.4) is 0 Å². The minimum absolute atomic E-state index is 0.157. The lowest BCUT2D eigenvalue weighted by atomic mass is 10.1. The van der Waals surface area contributed by atoms with Crippen molar-refractivity contribution in [2.24, 2.45) is 0 Å². The van der Waals surface area contributed by atoms with Crippen LogP contribution in [-0.2, 0) is 32.3 Å². The van der Waals surface area contributed by atoms with Crippen LogP contribution in [-0.4, -0.2) is 49.5 Å². The number of amides is 2. The Morgan fingerprint density at radius 1 is 1.03 bits per heavy atom. The Kier molecular flexibility index (Phi) is 9.34. The van der Waals surface area contributed by atoms with Crippen molar-refractivity contribution in [1.82, 2.24) is 10.2 Å². The summed E-state index contributed by atoms with van der Waals surface area (Å²) in [6, 6.07) is 7.80. The molecule has 12 heteroatoms. The number of carbonyl (C=O) groups is 2. The molecule has 2 amide bonds. The largest absolute Gasteiger partial charge is 0.416 e. The third-order valence-electron chi connectivity index (χ3n) is 5.29. The van der Waals surface area contributed by atoms with Crippen molar-refractivity contribution < 1.29 is 35.6 Å². The number of carbonyl (C=O) groups excluding carboxylic acids is 2. The Hall–Kier alpha value is -3.15. The fourth-order valence-electron chi connectivity index (χ4n) is 3.61. The summed E-state index contributed by atoms with van der Waals surface area (Å²) in [4.78, 5) is 27.8. The van der Waals surface area contributed by atoms with Crippen LogP contribution in [0.25, 0.3) is 0 Å². The van der Waals surface area contributed by atoms with Gasteiger partial charge in [-0.1, -0.05) is 25.1 Å². The van der Waals surface area contributed by atoms with Crippen molar-refractivity contribution in [2.45, 2.75) is 58.4 Å². The average molecular weight is 546 g/mol. The van der Waals surface area contributed by atoms with Gasteiger partial charge in [0.05, 0.1) is 17.5 Å². The normalized spacial score (nSPS) is 13.1. The molecular weight excluding hydrogens is 514 g/mol. The van der Waals surface area contributed by atoms with Gasteiger partial charge in [-0.05, 0) is 63.1 Å². The Balaban J connectivity index is 2.50. The lowest BCUT2D eigenvalue weighted by Gasteiger charge is -2.34. The van der Waals surface area contributed by atoms with E-state index >= 15 is 0 Å². The zero-order chi connectivity index (χ0) is 28.2. The Bertz CT molecular complexity index is 1210. The van der Waals surface area contributed by atoms with Crippen LogP contribution in [0.5, 0.6) is 0 Å². The first kappa shape index (κ1) is 30.1. The van der Waals surface area contributed by atoms with Crippen LogP contribution >= 0.6 is 0 Å². The van der Waals surface area contributed by atoms with E-state index in [0.29, 0.717) is 15.9 Å². The van der Waals surface area contributed by atoms with Gasteiger partial charge in [0.15, 0.2) is 0 Å². The van der Waals surface area contributed by atoms with Crippen LogP contribution in [0, 0.1) is 5.82 Å². The number of nitrogens with one attached hydrogen (secondary N) is 1. The standard InChI is InChI=1S/C25H31F4N3O4S/c1-6-21(23(34)30-24(2,3)4)31(15-17-10-12-19(26)13-11-17)22(33)16-32(37(5,35)36)20-9-7-8-18(14-20)25(27,28)29/h7-14,21H,6,15-16H2,1-5H3,(H,30,34)/t21-/m0/s1. The molecule has 204 valence electrons. The minimum atomic E-state index is -4.73. The lowest BCUT2D eigenvalue weighted by molar-refractivity contribution is -0.141. The van der Waals surface area contributed by atoms with Crippen LogP contribution in [0.4, 0.5) is 23.2 Å². The van der Waals surface area contributed by atoms with Crippen molar-refractivity contribution in [3.8, 4) is 0 Å². The number of hydrogen-bond acceptors (Lipinski definition) is 4. The number of nitrogens with zero attached hydrogens (tertiary/aromatic N) is 2. The molecule has 0 fully saturated rings. The predicted octanol–water partition coefficient (Wildman–Crippen LogP) is 4.33. The SMILES string of the molecule is CC[C@@H](C(=O)NC(C)(C)C)N(Cc1ccc(F)cc1)C(=O)CN(c1cccc(C(F)(F)F)c1)S(C)(=O)=O. The molecule has 1 atom stereocenters. The van der Waals surface area contributed by atoms with Gasteiger partial charge < -0.3 is 10.2 Å². The van der Waals surface area contributed by atoms with E-state index in [1.54, 1.807) is 27.7 Å². The molecule has 0 aliphatic carbocycles. The third-order valence-corrected chi connectivity index (χ3v) is 6.43. The Morgan fingerprint density at radius 3 is 2.11 bits per heavy atom. The summed E-state index contributed by atoms with van der Waals surface area (Å²) in [5.41, 5.74) is -1.59. The van der Waals surface area contributed by atoms with Crippen LogP contribution in [0.15, 0.2) is 48.5 Å². The first-order valence-corrected chi connectivity index (χ1v) is 13.3. The van der Waals surface area contributed by atoms with Gasteiger partial charge >= 0.3 is 6.18 Å². The second-order valence-corrected chi connectivity index (χ2v) is 11.5. The van der Waals surface area contributed by atoms with Crippen LogP contribution in [0.1, 0.15) is 45.2 Å². The maximum Gasteiger partial charge on any atom is 0.416 e. The molecule has 0 aliphatic rings. The average Bonchev–Trinajstić information content (AvgIpc) is 2.76. The molecule has 2 rings (SSSR count). The highest BCUT2D eigenvalue weighted by Gasteiger charge is 2.35. The summed E-state index contributed by atoms with van der Waals surface area (Å²) in [6.07, 6.45) is -3.79. The molecule has 0 saturated carbocycles. The Morgan fingerprint density at radius 2 is 1.62 bits per heavy atom. The van der Waals surface area contributed by atoms with E-state index in [9.17, 15) is 35.6 Å². The summed E-state index contributed by atoms with van der Waals surface area (Å²) < 4.78 is 78.9. The lowest BCUT2D eigenvalue weighted by Crippen LogP contribution is -2.55. The molecule has 37 heavy (non-hydrogen) atoms. The van der Waals surface area contributed by atoms with E-state index in [1.807, 2.05) is 0 Å². The molecule has 0 bridgehead atoms. The van der Waals surface area contributed by atoms with Crippen LogP contribution in [0.2, 0.25) is 0 Å². The molecule has 7 nitrogen and oxygen atoms in total. The first-order valence-electron chi connectivity index (χ1n) is 11.4. The summed E-state index contributed by atoms with van der Waals surface area (Å²) in [6.45, 7) is 5.92. The fourth-order valence-corrected chi connectivity index (χ4v) is 4.45. The predicted molar refractivity (Wildman–Crippen MR) is 133 cm³/mol. The molecule has 1 N–H and O–H groups in total. The van der Waals surface area contributed by atoms with E-state index in [2.05, 4.69) is 5.32 Å². The summed E-state index contributed by atoms with van der Waals surface area (Å²) in [5.74, 6) is -1.81. The first-order chi connectivity index (χ1) is 16.9. The van der Waals surface area contributed by atoms with Gasteiger partial charge in [0.25, 0.3) is 0 Å². The van der Waals surface area contributed by atoms with Crippen molar-refractivity contribution >= 4 is 27.5 Å². The van der Waals surface area contributed by atoms with Gasteiger partial charge in [-0.3, -0.25) is 13.9 Å². The topological polar surface area (TPSA) is 86.8 Å². The molecule has 0 radical (unpaired) electrons. The second-order valence-electron chi connectivity index (χ2n) is 9.63. The summed E-state index contributed by atoms with van der Waals surface area (Å²) in [7, 11) is -4.20. The number of halogens is 4. The quantitative estimate of drug-likeness (QED) is 0.476. The fraction of sp³-hybridized carbons (Fsp3) is 0.440. The second kappa shape index (κ2) is 11.5. The number of sulfonamides is 1.